The van der Waals surface area contributed by atoms with Gasteiger partial charge in [-0.05, 0) is 25.7 Å². The van der Waals surface area contributed by atoms with Crippen LogP contribution in [0.15, 0.2) is 12.2 Å². The summed E-state index contributed by atoms with van der Waals surface area (Å²) in [4.78, 5) is 0. The molecule has 0 rings (SSSR count). The molecule has 0 heterocycles. The van der Waals surface area contributed by atoms with E-state index in [2.05, 4.69) is 13.5 Å². The predicted octanol–water partition coefficient (Wildman–Crippen LogP) is 1.99. The van der Waals surface area contributed by atoms with Crippen molar-refractivity contribution in [1.82, 2.24) is 0 Å². The number of ether oxygens (including phenoxy) is 1. The van der Waals surface area contributed by atoms with Crippen molar-refractivity contribution in [2.45, 2.75) is 32.8 Å². The van der Waals surface area contributed by atoms with Crippen molar-refractivity contribution in [3.63, 3.8) is 0 Å². The van der Waals surface area contributed by atoms with Crippen molar-refractivity contribution in [3.05, 3.63) is 12.2 Å². The summed E-state index contributed by atoms with van der Waals surface area (Å²) in [6, 6.07) is 0. The molecule has 0 radical (unpaired) electrons. The van der Waals surface area contributed by atoms with Gasteiger partial charge in [0.1, 0.15) is 0 Å². The summed E-state index contributed by atoms with van der Waals surface area (Å²) in [6.07, 6.45) is 1.24. The van der Waals surface area contributed by atoms with E-state index in [-0.39, 0.29) is 6.10 Å². The van der Waals surface area contributed by atoms with Crippen LogP contribution in [0.1, 0.15) is 26.7 Å². The molecule has 0 aromatic rings. The Bertz CT molecular complexity index is 132. The molecule has 2 atom stereocenters. The van der Waals surface area contributed by atoms with Gasteiger partial charge in [0.2, 0.25) is 0 Å². The van der Waals surface area contributed by atoms with Crippen LogP contribution in [0.2, 0.25) is 0 Å². The Morgan fingerprint density at radius 2 is 2.17 bits per heavy atom. The molecule has 0 aliphatic rings. The van der Waals surface area contributed by atoms with E-state index in [0.717, 1.165) is 12.0 Å². The van der Waals surface area contributed by atoms with Gasteiger partial charge in [-0.3, -0.25) is 0 Å². The van der Waals surface area contributed by atoms with Crippen LogP contribution in [0, 0.1) is 5.92 Å². The molecule has 12 heavy (non-hydrogen) atoms. The zero-order chi connectivity index (χ0) is 9.56. The molecule has 0 saturated heterocycles. The van der Waals surface area contributed by atoms with Crippen molar-refractivity contribution < 1.29 is 9.84 Å². The van der Waals surface area contributed by atoms with E-state index in [1.807, 2.05) is 6.92 Å². The van der Waals surface area contributed by atoms with Crippen LogP contribution in [0.4, 0.5) is 0 Å². The number of aliphatic hydroxyl groups is 1. The second kappa shape index (κ2) is 6.21. The summed E-state index contributed by atoms with van der Waals surface area (Å²) in [7, 11) is 1.68. The molecule has 2 nitrogen and oxygen atoms in total. The van der Waals surface area contributed by atoms with Crippen molar-refractivity contribution in [2.75, 3.05) is 13.7 Å². The lowest BCUT2D eigenvalue weighted by Gasteiger charge is -2.15. The molecule has 0 aliphatic carbocycles. The molecule has 0 bridgehead atoms. The van der Waals surface area contributed by atoms with Crippen LogP contribution < -0.4 is 0 Å². The minimum absolute atomic E-state index is 0.257. The maximum absolute atomic E-state index is 9.50. The first-order valence-electron chi connectivity index (χ1n) is 4.37. The molecule has 0 saturated carbocycles. The number of hydrogen-bond acceptors (Lipinski definition) is 2. The smallest absolute Gasteiger partial charge is 0.0580 e. The van der Waals surface area contributed by atoms with E-state index in [1.165, 1.54) is 0 Å². The first-order chi connectivity index (χ1) is 5.56. The van der Waals surface area contributed by atoms with Crippen molar-refractivity contribution in [2.24, 2.45) is 5.92 Å². The quantitative estimate of drug-likeness (QED) is 0.621. The molecule has 0 aliphatic heterocycles. The first-order valence-corrected chi connectivity index (χ1v) is 4.37. The largest absolute Gasteiger partial charge is 0.393 e. The lowest BCUT2D eigenvalue weighted by molar-refractivity contribution is 0.102. The highest BCUT2D eigenvalue weighted by molar-refractivity contribution is 4.90. The van der Waals surface area contributed by atoms with Gasteiger partial charge < -0.3 is 9.84 Å². The summed E-state index contributed by atoms with van der Waals surface area (Å²) >= 11 is 0. The maximum atomic E-state index is 9.50. The molecule has 0 aromatic carbocycles. The molecule has 0 aromatic heterocycles. The fourth-order valence-corrected chi connectivity index (χ4v) is 1.30. The second-order valence-electron chi connectivity index (χ2n) is 3.61. The molecule has 0 spiro atoms. The Balaban J connectivity index is 3.53. The standard InChI is InChI=1S/C10H20O2/c1-8(2)5-10(11)6-9(3)7-12-4/h9-11H,1,5-7H2,2-4H3. The summed E-state index contributed by atoms with van der Waals surface area (Å²) in [6.45, 7) is 8.48. The molecule has 0 amide bonds. The van der Waals surface area contributed by atoms with Gasteiger partial charge in [0.15, 0.2) is 0 Å². The second-order valence-corrected chi connectivity index (χ2v) is 3.61. The minimum atomic E-state index is -0.257. The van der Waals surface area contributed by atoms with Gasteiger partial charge in [0.05, 0.1) is 6.10 Å². The lowest BCUT2D eigenvalue weighted by atomic mass is 10.0. The molecular formula is C10H20O2. The molecule has 2 heteroatoms. The average Bonchev–Trinajstić information content (AvgIpc) is 1.84. The summed E-state index contributed by atoms with van der Waals surface area (Å²) < 4.78 is 4.98. The fraction of sp³-hybridized carbons (Fsp3) is 0.800. The van der Waals surface area contributed by atoms with E-state index < -0.39 is 0 Å². The average molecular weight is 172 g/mol. The van der Waals surface area contributed by atoms with Gasteiger partial charge in [-0.1, -0.05) is 12.5 Å². The third-order valence-corrected chi connectivity index (χ3v) is 1.71. The molecule has 2 unspecified atom stereocenters. The maximum Gasteiger partial charge on any atom is 0.0580 e. The highest BCUT2D eigenvalue weighted by Gasteiger charge is 2.09. The lowest BCUT2D eigenvalue weighted by Crippen LogP contribution is -2.15. The van der Waals surface area contributed by atoms with Crippen LogP contribution in [-0.4, -0.2) is 24.9 Å². The van der Waals surface area contributed by atoms with E-state index in [9.17, 15) is 5.11 Å². The number of aliphatic hydroxyl groups excluding tert-OH is 1. The third-order valence-electron chi connectivity index (χ3n) is 1.71. The van der Waals surface area contributed by atoms with Crippen molar-refractivity contribution in [1.29, 1.82) is 0 Å². The fourth-order valence-electron chi connectivity index (χ4n) is 1.30. The van der Waals surface area contributed by atoms with E-state index in [1.54, 1.807) is 7.11 Å². The number of hydrogen-bond donors (Lipinski definition) is 1. The summed E-state index contributed by atoms with van der Waals surface area (Å²) in [5.74, 6) is 0.421. The van der Waals surface area contributed by atoms with E-state index in [0.29, 0.717) is 18.9 Å². The Kier molecular flexibility index (Phi) is 6.03. The summed E-state index contributed by atoms with van der Waals surface area (Å²) in [5.41, 5.74) is 1.03. The topological polar surface area (TPSA) is 29.5 Å². The van der Waals surface area contributed by atoms with Crippen molar-refractivity contribution >= 4 is 0 Å². The normalized spacial score (nSPS) is 15.7. The third kappa shape index (κ3) is 6.38. The predicted molar refractivity (Wildman–Crippen MR) is 51.1 cm³/mol. The number of rotatable bonds is 6. The molecule has 1 N–H and O–H groups in total. The monoisotopic (exact) mass is 172 g/mol. The highest BCUT2D eigenvalue weighted by atomic mass is 16.5. The van der Waals surface area contributed by atoms with Gasteiger partial charge in [0.25, 0.3) is 0 Å². The van der Waals surface area contributed by atoms with Crippen molar-refractivity contribution in [3.8, 4) is 0 Å². The van der Waals surface area contributed by atoms with E-state index in [4.69, 9.17) is 4.74 Å². The van der Waals surface area contributed by atoms with Gasteiger partial charge in [0, 0.05) is 13.7 Å². The Morgan fingerprint density at radius 1 is 1.58 bits per heavy atom. The van der Waals surface area contributed by atoms with Crippen LogP contribution in [-0.2, 0) is 4.74 Å². The highest BCUT2D eigenvalue weighted by Crippen LogP contribution is 2.12. The van der Waals surface area contributed by atoms with Gasteiger partial charge in [-0.2, -0.15) is 0 Å². The molecular weight excluding hydrogens is 152 g/mol. The molecule has 0 fully saturated rings. The zero-order valence-electron chi connectivity index (χ0n) is 8.34. The summed E-state index contributed by atoms with van der Waals surface area (Å²) in [5, 5.41) is 9.50. The van der Waals surface area contributed by atoms with Gasteiger partial charge in [-0.15, -0.1) is 6.58 Å². The van der Waals surface area contributed by atoms with Gasteiger partial charge >= 0.3 is 0 Å². The van der Waals surface area contributed by atoms with Gasteiger partial charge in [-0.25, -0.2) is 0 Å². The van der Waals surface area contributed by atoms with Crippen LogP contribution in [0.5, 0.6) is 0 Å². The Morgan fingerprint density at radius 3 is 2.58 bits per heavy atom. The Labute approximate surface area is 75.2 Å². The molecule has 72 valence electrons. The first kappa shape index (κ1) is 11.7. The van der Waals surface area contributed by atoms with Crippen LogP contribution >= 0.6 is 0 Å². The minimum Gasteiger partial charge on any atom is -0.393 e. The zero-order valence-corrected chi connectivity index (χ0v) is 8.34. The van der Waals surface area contributed by atoms with E-state index >= 15 is 0 Å². The van der Waals surface area contributed by atoms with Crippen LogP contribution in [0.25, 0.3) is 0 Å². The number of methoxy groups -OCH3 is 1. The van der Waals surface area contributed by atoms with Crippen LogP contribution in [0.3, 0.4) is 0 Å². The Hall–Kier alpha value is -0.340. The SMILES string of the molecule is C=C(C)CC(O)CC(C)COC.